The molecule has 0 spiro atoms. The Balaban J connectivity index is 1.76. The number of ether oxygens (including phenoxy) is 1. The lowest BCUT2D eigenvalue weighted by Crippen LogP contribution is -2.16. The molecule has 1 aromatic carbocycles. The molecule has 0 amide bonds. The first kappa shape index (κ1) is 13.5. The van der Waals surface area contributed by atoms with E-state index in [9.17, 15) is 4.39 Å². The molecule has 1 aromatic heterocycles. The molecule has 1 saturated carbocycles. The van der Waals surface area contributed by atoms with Gasteiger partial charge < -0.3 is 10.1 Å². The Morgan fingerprint density at radius 3 is 2.95 bits per heavy atom. The Kier molecular flexibility index (Phi) is 3.98. The standard InChI is InChI=1S/C15H14BrFN2O/c16-13-8-12(5-6-14(13)17)20-15-10(2-1-7-18-15)9-19-11-3-4-11/h1-2,5-8,11,19H,3-4,9H2. The van der Waals surface area contributed by atoms with Crippen LogP contribution in [0.4, 0.5) is 4.39 Å². The summed E-state index contributed by atoms with van der Waals surface area (Å²) in [5, 5.41) is 3.43. The van der Waals surface area contributed by atoms with Crippen molar-refractivity contribution in [3.05, 3.63) is 52.4 Å². The molecular formula is C15H14BrFN2O. The van der Waals surface area contributed by atoms with E-state index in [0.29, 0.717) is 22.1 Å². The molecule has 0 radical (unpaired) electrons. The Morgan fingerprint density at radius 1 is 1.35 bits per heavy atom. The third-order valence-electron chi connectivity index (χ3n) is 3.11. The summed E-state index contributed by atoms with van der Waals surface area (Å²) in [5.41, 5.74) is 1.000. The molecule has 1 aliphatic rings. The van der Waals surface area contributed by atoms with Crippen LogP contribution in [0.25, 0.3) is 0 Å². The smallest absolute Gasteiger partial charge is 0.223 e. The molecular weight excluding hydrogens is 323 g/mol. The van der Waals surface area contributed by atoms with Gasteiger partial charge >= 0.3 is 0 Å². The third-order valence-corrected chi connectivity index (χ3v) is 3.72. The van der Waals surface area contributed by atoms with Crippen LogP contribution in [0.2, 0.25) is 0 Å². The van der Waals surface area contributed by atoms with Crippen LogP contribution < -0.4 is 10.1 Å². The van der Waals surface area contributed by atoms with Crippen LogP contribution in [0.3, 0.4) is 0 Å². The molecule has 0 aliphatic heterocycles. The number of aromatic nitrogens is 1. The van der Waals surface area contributed by atoms with Gasteiger partial charge in [0.2, 0.25) is 5.88 Å². The molecule has 3 rings (SSSR count). The number of hydrogen-bond donors (Lipinski definition) is 1. The van der Waals surface area contributed by atoms with E-state index in [2.05, 4.69) is 26.2 Å². The number of hydrogen-bond acceptors (Lipinski definition) is 3. The van der Waals surface area contributed by atoms with Crippen molar-refractivity contribution in [2.45, 2.75) is 25.4 Å². The minimum atomic E-state index is -0.311. The zero-order valence-electron chi connectivity index (χ0n) is 10.8. The van der Waals surface area contributed by atoms with E-state index >= 15 is 0 Å². The fourth-order valence-corrected chi connectivity index (χ4v) is 2.20. The molecule has 0 saturated heterocycles. The largest absolute Gasteiger partial charge is 0.439 e. The van der Waals surface area contributed by atoms with Gasteiger partial charge in [-0.05, 0) is 53.0 Å². The summed E-state index contributed by atoms with van der Waals surface area (Å²) >= 11 is 3.15. The average Bonchev–Trinajstić information content (AvgIpc) is 3.26. The van der Waals surface area contributed by atoms with Crippen molar-refractivity contribution in [2.75, 3.05) is 0 Å². The van der Waals surface area contributed by atoms with Crippen LogP contribution in [0.5, 0.6) is 11.6 Å². The van der Waals surface area contributed by atoms with Gasteiger partial charge in [0.25, 0.3) is 0 Å². The summed E-state index contributed by atoms with van der Waals surface area (Å²) in [6, 6.07) is 9.05. The van der Waals surface area contributed by atoms with Crippen molar-refractivity contribution in [3.63, 3.8) is 0 Å². The lowest BCUT2D eigenvalue weighted by Gasteiger charge is -2.10. The number of pyridine rings is 1. The highest BCUT2D eigenvalue weighted by Gasteiger charge is 2.20. The lowest BCUT2D eigenvalue weighted by molar-refractivity contribution is 0.450. The van der Waals surface area contributed by atoms with Gasteiger partial charge in [-0.15, -0.1) is 0 Å². The Hall–Kier alpha value is -1.46. The van der Waals surface area contributed by atoms with Crippen molar-refractivity contribution in [1.82, 2.24) is 10.3 Å². The zero-order chi connectivity index (χ0) is 13.9. The molecule has 2 aromatic rings. The maximum Gasteiger partial charge on any atom is 0.223 e. The molecule has 20 heavy (non-hydrogen) atoms. The highest BCUT2D eigenvalue weighted by atomic mass is 79.9. The van der Waals surface area contributed by atoms with Crippen molar-refractivity contribution in [3.8, 4) is 11.6 Å². The molecule has 1 heterocycles. The van der Waals surface area contributed by atoms with E-state index in [1.54, 1.807) is 18.3 Å². The lowest BCUT2D eigenvalue weighted by atomic mass is 10.2. The SMILES string of the molecule is Fc1ccc(Oc2ncccc2CNC2CC2)cc1Br. The molecule has 0 atom stereocenters. The average molecular weight is 337 g/mol. The van der Waals surface area contributed by atoms with Crippen LogP contribution in [0.1, 0.15) is 18.4 Å². The monoisotopic (exact) mass is 336 g/mol. The van der Waals surface area contributed by atoms with Gasteiger partial charge in [0.15, 0.2) is 0 Å². The van der Waals surface area contributed by atoms with Crippen molar-refractivity contribution < 1.29 is 9.13 Å². The van der Waals surface area contributed by atoms with Crippen molar-refractivity contribution in [2.24, 2.45) is 0 Å². The summed E-state index contributed by atoms with van der Waals surface area (Å²) in [4.78, 5) is 4.25. The summed E-state index contributed by atoms with van der Waals surface area (Å²) in [6.07, 6.45) is 4.16. The molecule has 0 unspecified atom stereocenters. The second kappa shape index (κ2) is 5.89. The quantitative estimate of drug-likeness (QED) is 0.895. The van der Waals surface area contributed by atoms with Gasteiger partial charge in [-0.2, -0.15) is 0 Å². The Bertz CT molecular complexity index is 617. The van der Waals surface area contributed by atoms with Crippen molar-refractivity contribution >= 4 is 15.9 Å². The minimum Gasteiger partial charge on any atom is -0.439 e. The maximum absolute atomic E-state index is 13.2. The molecule has 1 N–H and O–H groups in total. The summed E-state index contributed by atoms with van der Waals surface area (Å²) in [6.45, 7) is 0.732. The predicted molar refractivity (Wildman–Crippen MR) is 78.3 cm³/mol. The van der Waals surface area contributed by atoms with Crippen LogP contribution in [-0.2, 0) is 6.54 Å². The third kappa shape index (κ3) is 3.35. The summed E-state index contributed by atoms with van der Waals surface area (Å²) in [5.74, 6) is 0.804. The number of benzene rings is 1. The molecule has 104 valence electrons. The number of rotatable bonds is 5. The minimum absolute atomic E-state index is 0.311. The van der Waals surface area contributed by atoms with Gasteiger partial charge in [0, 0.05) is 24.3 Å². The second-order valence-electron chi connectivity index (χ2n) is 4.80. The van der Waals surface area contributed by atoms with Gasteiger partial charge in [0.1, 0.15) is 11.6 Å². The predicted octanol–water partition coefficient (Wildman–Crippen LogP) is 4.03. The fourth-order valence-electron chi connectivity index (χ4n) is 1.84. The van der Waals surface area contributed by atoms with E-state index in [1.165, 1.54) is 18.9 Å². The number of nitrogens with one attached hydrogen (secondary N) is 1. The highest BCUT2D eigenvalue weighted by molar-refractivity contribution is 9.10. The molecule has 1 aliphatic carbocycles. The second-order valence-corrected chi connectivity index (χ2v) is 5.66. The van der Waals surface area contributed by atoms with E-state index < -0.39 is 0 Å². The molecule has 1 fully saturated rings. The molecule has 0 bridgehead atoms. The Labute approximate surface area is 125 Å². The van der Waals surface area contributed by atoms with Gasteiger partial charge in [-0.1, -0.05) is 6.07 Å². The fraction of sp³-hybridized carbons (Fsp3) is 0.267. The van der Waals surface area contributed by atoms with Crippen LogP contribution in [0, 0.1) is 5.82 Å². The maximum atomic E-state index is 13.2. The van der Waals surface area contributed by atoms with Crippen molar-refractivity contribution in [1.29, 1.82) is 0 Å². The van der Waals surface area contributed by atoms with Gasteiger partial charge in [-0.3, -0.25) is 0 Å². The first-order chi connectivity index (χ1) is 9.72. The first-order valence-corrected chi connectivity index (χ1v) is 7.32. The summed E-state index contributed by atoms with van der Waals surface area (Å²) < 4.78 is 19.3. The highest BCUT2D eigenvalue weighted by Crippen LogP contribution is 2.27. The van der Waals surface area contributed by atoms with E-state index in [1.807, 2.05) is 12.1 Å². The van der Waals surface area contributed by atoms with Gasteiger partial charge in [0.05, 0.1) is 4.47 Å². The topological polar surface area (TPSA) is 34.1 Å². The molecule has 3 nitrogen and oxygen atoms in total. The number of halogens is 2. The number of nitrogens with zero attached hydrogens (tertiary/aromatic N) is 1. The molecule has 5 heteroatoms. The van der Waals surface area contributed by atoms with E-state index in [-0.39, 0.29) is 5.82 Å². The van der Waals surface area contributed by atoms with Crippen LogP contribution in [-0.4, -0.2) is 11.0 Å². The first-order valence-electron chi connectivity index (χ1n) is 6.52. The zero-order valence-corrected chi connectivity index (χ0v) is 12.4. The summed E-state index contributed by atoms with van der Waals surface area (Å²) in [7, 11) is 0. The van der Waals surface area contributed by atoms with E-state index in [0.717, 1.165) is 12.1 Å². The van der Waals surface area contributed by atoms with Crippen LogP contribution in [0.15, 0.2) is 41.0 Å². The van der Waals surface area contributed by atoms with Crippen LogP contribution >= 0.6 is 15.9 Å². The Morgan fingerprint density at radius 2 is 2.20 bits per heavy atom. The normalized spacial score (nSPS) is 14.3. The van der Waals surface area contributed by atoms with E-state index in [4.69, 9.17) is 4.74 Å². The van der Waals surface area contributed by atoms with Gasteiger partial charge in [-0.25, -0.2) is 9.37 Å².